The molecule has 0 radical (unpaired) electrons. The van der Waals surface area contributed by atoms with E-state index in [1.807, 2.05) is 30.3 Å². The van der Waals surface area contributed by atoms with Crippen LogP contribution in [0.4, 0.5) is 4.79 Å². The number of carbonyl (C=O) groups excluding carboxylic acids is 2. The highest BCUT2D eigenvalue weighted by Gasteiger charge is 2.45. The Morgan fingerprint density at radius 2 is 1.91 bits per heavy atom. The molecule has 0 unspecified atom stereocenters. The fourth-order valence-corrected chi connectivity index (χ4v) is 2.66. The molecule has 1 heterocycles. The Labute approximate surface area is 129 Å². The average molecular weight is 304 g/mol. The first-order valence-corrected chi connectivity index (χ1v) is 7.32. The maximum absolute atomic E-state index is 12.4. The van der Waals surface area contributed by atoms with Crippen molar-refractivity contribution >= 4 is 17.9 Å². The van der Waals surface area contributed by atoms with Crippen molar-refractivity contribution in [2.24, 2.45) is 5.92 Å². The van der Waals surface area contributed by atoms with E-state index in [0.717, 1.165) is 10.5 Å². The second-order valence-corrected chi connectivity index (χ2v) is 5.76. The maximum atomic E-state index is 12.4. The molecule has 1 fully saturated rings. The number of aryl methyl sites for hydroxylation is 1. The van der Waals surface area contributed by atoms with Gasteiger partial charge in [-0.2, -0.15) is 0 Å². The lowest BCUT2D eigenvalue weighted by atomic mass is 10.0. The predicted molar refractivity (Wildman–Crippen MR) is 80.2 cm³/mol. The Hall–Kier alpha value is -2.37. The molecule has 1 saturated heterocycles. The molecule has 0 spiro atoms. The second kappa shape index (κ2) is 6.60. The van der Waals surface area contributed by atoms with Crippen molar-refractivity contribution in [2.75, 3.05) is 0 Å². The van der Waals surface area contributed by atoms with Gasteiger partial charge >= 0.3 is 12.0 Å². The molecule has 3 amide bonds. The van der Waals surface area contributed by atoms with Crippen LogP contribution in [-0.4, -0.2) is 40.0 Å². The fourth-order valence-electron chi connectivity index (χ4n) is 2.66. The average Bonchev–Trinajstić information content (AvgIpc) is 2.73. The van der Waals surface area contributed by atoms with Crippen LogP contribution in [0.15, 0.2) is 30.3 Å². The topological polar surface area (TPSA) is 86.7 Å². The molecule has 0 bridgehead atoms. The Morgan fingerprint density at radius 3 is 2.45 bits per heavy atom. The number of imide groups is 1. The standard InChI is InChI=1S/C16H20N2O4/c1-10(2)13(15(20)21)18-14(19)12(17-16(18)22)9-8-11-6-4-3-5-7-11/h3-7,10,12-13H,8-9H2,1-2H3,(H,17,22)(H,20,21)/t12-,13+/m0/s1. The molecule has 6 nitrogen and oxygen atoms in total. The first-order valence-electron chi connectivity index (χ1n) is 7.32. The van der Waals surface area contributed by atoms with Crippen LogP contribution in [0.1, 0.15) is 25.8 Å². The van der Waals surface area contributed by atoms with Crippen molar-refractivity contribution in [1.82, 2.24) is 10.2 Å². The Balaban J connectivity index is 2.06. The zero-order valence-electron chi connectivity index (χ0n) is 12.7. The number of carboxylic acids is 1. The summed E-state index contributed by atoms with van der Waals surface area (Å²) in [7, 11) is 0. The lowest BCUT2D eigenvalue weighted by molar-refractivity contribution is -0.148. The summed E-state index contributed by atoms with van der Waals surface area (Å²) >= 11 is 0. The summed E-state index contributed by atoms with van der Waals surface area (Å²) < 4.78 is 0. The fraction of sp³-hybridized carbons (Fsp3) is 0.438. The van der Waals surface area contributed by atoms with Crippen molar-refractivity contribution in [2.45, 2.75) is 38.8 Å². The number of hydrogen-bond donors (Lipinski definition) is 2. The summed E-state index contributed by atoms with van der Waals surface area (Å²) in [6.07, 6.45) is 1.10. The molecular formula is C16H20N2O4. The summed E-state index contributed by atoms with van der Waals surface area (Å²) in [6.45, 7) is 3.35. The first-order chi connectivity index (χ1) is 10.4. The molecule has 2 rings (SSSR count). The molecule has 0 saturated carbocycles. The summed E-state index contributed by atoms with van der Waals surface area (Å²) in [5, 5.41) is 11.8. The summed E-state index contributed by atoms with van der Waals surface area (Å²) in [5.74, 6) is -1.97. The van der Waals surface area contributed by atoms with Gasteiger partial charge in [-0.1, -0.05) is 44.2 Å². The van der Waals surface area contributed by atoms with Crippen LogP contribution >= 0.6 is 0 Å². The third-order valence-electron chi connectivity index (χ3n) is 3.78. The minimum absolute atomic E-state index is 0.347. The quantitative estimate of drug-likeness (QED) is 0.782. The van der Waals surface area contributed by atoms with Gasteiger partial charge in [0.1, 0.15) is 12.1 Å². The molecule has 2 atom stereocenters. The van der Waals surface area contributed by atoms with Crippen LogP contribution in [0.2, 0.25) is 0 Å². The SMILES string of the molecule is CC(C)[C@H](C(=O)O)N1C(=O)N[C@@H](CCc2ccccc2)C1=O. The Kier molecular flexibility index (Phi) is 4.80. The lowest BCUT2D eigenvalue weighted by Gasteiger charge is -2.24. The van der Waals surface area contributed by atoms with Crippen molar-refractivity contribution < 1.29 is 19.5 Å². The number of carboxylic acid groups (broad SMARTS) is 1. The van der Waals surface area contributed by atoms with E-state index in [1.54, 1.807) is 13.8 Å². The largest absolute Gasteiger partial charge is 0.480 e. The molecule has 0 aliphatic carbocycles. The highest BCUT2D eigenvalue weighted by molar-refractivity contribution is 6.06. The minimum Gasteiger partial charge on any atom is -0.480 e. The third kappa shape index (κ3) is 3.27. The van der Waals surface area contributed by atoms with Crippen LogP contribution in [0.25, 0.3) is 0 Å². The van der Waals surface area contributed by atoms with Crippen LogP contribution in [-0.2, 0) is 16.0 Å². The third-order valence-corrected chi connectivity index (χ3v) is 3.78. The molecular weight excluding hydrogens is 284 g/mol. The molecule has 1 aromatic carbocycles. The molecule has 1 aliphatic heterocycles. The van der Waals surface area contributed by atoms with E-state index in [1.165, 1.54) is 0 Å². The minimum atomic E-state index is -1.16. The summed E-state index contributed by atoms with van der Waals surface area (Å²) in [6, 6.07) is 7.23. The summed E-state index contributed by atoms with van der Waals surface area (Å²) in [4.78, 5) is 36.5. The molecule has 1 aromatic rings. The summed E-state index contributed by atoms with van der Waals surface area (Å²) in [5.41, 5.74) is 1.07. The number of aliphatic carboxylic acids is 1. The van der Waals surface area contributed by atoms with Crippen molar-refractivity contribution in [3.63, 3.8) is 0 Å². The number of urea groups is 1. The van der Waals surface area contributed by atoms with E-state index in [4.69, 9.17) is 0 Å². The van der Waals surface area contributed by atoms with E-state index < -0.39 is 30.0 Å². The first kappa shape index (κ1) is 16.0. The van der Waals surface area contributed by atoms with Crippen molar-refractivity contribution in [1.29, 1.82) is 0 Å². The predicted octanol–water partition coefficient (Wildman–Crippen LogP) is 1.65. The molecule has 22 heavy (non-hydrogen) atoms. The maximum Gasteiger partial charge on any atom is 0.327 e. The van der Waals surface area contributed by atoms with Gasteiger partial charge in [0.2, 0.25) is 0 Å². The number of nitrogens with one attached hydrogen (secondary N) is 1. The zero-order chi connectivity index (χ0) is 16.3. The smallest absolute Gasteiger partial charge is 0.327 e. The normalized spacial score (nSPS) is 19.4. The van der Waals surface area contributed by atoms with E-state index in [-0.39, 0.29) is 5.92 Å². The monoisotopic (exact) mass is 304 g/mol. The molecule has 2 N–H and O–H groups in total. The Morgan fingerprint density at radius 1 is 1.27 bits per heavy atom. The molecule has 0 aromatic heterocycles. The van der Waals surface area contributed by atoms with E-state index >= 15 is 0 Å². The van der Waals surface area contributed by atoms with Gasteiger partial charge in [0.25, 0.3) is 5.91 Å². The van der Waals surface area contributed by atoms with Crippen LogP contribution < -0.4 is 5.32 Å². The number of carbonyl (C=O) groups is 3. The van der Waals surface area contributed by atoms with Crippen molar-refractivity contribution in [3.8, 4) is 0 Å². The van der Waals surface area contributed by atoms with Gasteiger partial charge in [0.05, 0.1) is 0 Å². The number of nitrogens with zero attached hydrogens (tertiary/aromatic N) is 1. The van der Waals surface area contributed by atoms with Crippen LogP contribution in [0.3, 0.4) is 0 Å². The molecule has 6 heteroatoms. The lowest BCUT2D eigenvalue weighted by Crippen LogP contribution is -2.48. The van der Waals surface area contributed by atoms with Gasteiger partial charge in [-0.15, -0.1) is 0 Å². The van der Waals surface area contributed by atoms with Crippen molar-refractivity contribution in [3.05, 3.63) is 35.9 Å². The van der Waals surface area contributed by atoms with E-state index in [9.17, 15) is 19.5 Å². The number of rotatable bonds is 6. The zero-order valence-corrected chi connectivity index (χ0v) is 12.7. The highest BCUT2D eigenvalue weighted by atomic mass is 16.4. The van der Waals surface area contributed by atoms with Gasteiger partial charge in [-0.25, -0.2) is 14.5 Å². The van der Waals surface area contributed by atoms with E-state index in [2.05, 4.69) is 5.32 Å². The van der Waals surface area contributed by atoms with Gasteiger partial charge in [-0.3, -0.25) is 4.79 Å². The Bertz CT molecular complexity index is 571. The highest BCUT2D eigenvalue weighted by Crippen LogP contribution is 2.20. The molecule has 118 valence electrons. The number of amides is 3. The molecule has 1 aliphatic rings. The van der Waals surface area contributed by atoms with Gasteiger partial charge in [0.15, 0.2) is 0 Å². The second-order valence-electron chi connectivity index (χ2n) is 5.76. The number of benzene rings is 1. The van der Waals surface area contributed by atoms with Crippen LogP contribution in [0.5, 0.6) is 0 Å². The van der Waals surface area contributed by atoms with Gasteiger partial charge in [0, 0.05) is 0 Å². The van der Waals surface area contributed by atoms with Crippen LogP contribution in [0, 0.1) is 5.92 Å². The number of hydrogen-bond acceptors (Lipinski definition) is 3. The van der Waals surface area contributed by atoms with Gasteiger partial charge in [-0.05, 0) is 24.3 Å². The van der Waals surface area contributed by atoms with Gasteiger partial charge < -0.3 is 10.4 Å². The van der Waals surface area contributed by atoms with E-state index in [0.29, 0.717) is 12.8 Å².